The molecule has 0 fully saturated rings. The van der Waals surface area contributed by atoms with Crippen molar-refractivity contribution in [2.24, 2.45) is 5.73 Å². The third kappa shape index (κ3) is 4.19. The Kier molecular flexibility index (Phi) is 5.11. The molecule has 4 heteroatoms. The zero-order valence-corrected chi connectivity index (χ0v) is 9.40. The van der Waals surface area contributed by atoms with Crippen molar-refractivity contribution in [2.45, 2.75) is 12.7 Å². The molecule has 0 aliphatic carbocycles. The summed E-state index contributed by atoms with van der Waals surface area (Å²) in [7, 11) is 0. The van der Waals surface area contributed by atoms with Crippen molar-refractivity contribution in [3.63, 3.8) is 0 Å². The summed E-state index contributed by atoms with van der Waals surface area (Å²) in [6.07, 6.45) is -0.567. The van der Waals surface area contributed by atoms with Gasteiger partial charge in [0.25, 0.3) is 0 Å². The third-order valence-corrected chi connectivity index (χ3v) is 2.23. The van der Waals surface area contributed by atoms with Crippen LogP contribution in [0.2, 0.25) is 0 Å². The van der Waals surface area contributed by atoms with Crippen LogP contribution in [-0.2, 0) is 11.3 Å². The van der Waals surface area contributed by atoms with Gasteiger partial charge in [-0.05, 0) is 17.7 Å². The van der Waals surface area contributed by atoms with Gasteiger partial charge in [-0.3, -0.25) is 0 Å². The van der Waals surface area contributed by atoms with Crippen molar-refractivity contribution in [1.29, 1.82) is 0 Å². The molecule has 0 unspecified atom stereocenters. The van der Waals surface area contributed by atoms with Gasteiger partial charge in [0.15, 0.2) is 0 Å². The predicted octanol–water partition coefficient (Wildman–Crippen LogP) is 1.29. The summed E-state index contributed by atoms with van der Waals surface area (Å²) in [6.45, 7) is 1.01. The first kappa shape index (κ1) is 11.7. The third-order valence-electron chi connectivity index (χ3n) is 1.74. The monoisotopic (exact) mass is 259 g/mol. The normalized spacial score (nSPS) is 12.8. The van der Waals surface area contributed by atoms with Gasteiger partial charge in [0, 0.05) is 11.0 Å². The molecule has 1 aromatic carbocycles. The molecule has 0 saturated carbocycles. The fourth-order valence-corrected chi connectivity index (χ4v) is 1.45. The lowest BCUT2D eigenvalue weighted by atomic mass is 10.2. The fraction of sp³-hybridized carbons (Fsp3) is 0.400. The van der Waals surface area contributed by atoms with E-state index >= 15 is 0 Å². The highest BCUT2D eigenvalue weighted by molar-refractivity contribution is 9.10. The van der Waals surface area contributed by atoms with Gasteiger partial charge < -0.3 is 15.6 Å². The molecule has 0 bridgehead atoms. The number of hydrogen-bond donors (Lipinski definition) is 2. The standard InChI is InChI=1S/C10H14BrNO2/c11-9-3-1-2-8(4-9)6-14-7-10(13)5-12/h1-4,10,13H,5-7,12H2/t10-/m0/s1. The minimum atomic E-state index is -0.567. The van der Waals surface area contributed by atoms with Crippen LogP contribution >= 0.6 is 15.9 Å². The van der Waals surface area contributed by atoms with Gasteiger partial charge in [0.05, 0.1) is 19.3 Å². The van der Waals surface area contributed by atoms with E-state index < -0.39 is 6.10 Å². The molecule has 0 aliphatic heterocycles. The maximum absolute atomic E-state index is 9.13. The van der Waals surface area contributed by atoms with Crippen LogP contribution in [-0.4, -0.2) is 24.4 Å². The van der Waals surface area contributed by atoms with Crippen molar-refractivity contribution in [2.75, 3.05) is 13.2 Å². The zero-order valence-electron chi connectivity index (χ0n) is 7.82. The van der Waals surface area contributed by atoms with Gasteiger partial charge in [0.1, 0.15) is 0 Å². The van der Waals surface area contributed by atoms with Gasteiger partial charge in [-0.25, -0.2) is 0 Å². The summed E-state index contributed by atoms with van der Waals surface area (Å²) in [6, 6.07) is 7.86. The number of aliphatic hydroxyl groups excluding tert-OH is 1. The molecule has 0 radical (unpaired) electrons. The van der Waals surface area contributed by atoms with E-state index in [2.05, 4.69) is 15.9 Å². The van der Waals surface area contributed by atoms with Gasteiger partial charge in [-0.15, -0.1) is 0 Å². The molecule has 0 spiro atoms. The van der Waals surface area contributed by atoms with Gasteiger partial charge >= 0.3 is 0 Å². The molecule has 0 saturated heterocycles. The molecular formula is C10H14BrNO2. The second-order valence-corrected chi connectivity index (χ2v) is 3.95. The smallest absolute Gasteiger partial charge is 0.0895 e. The highest BCUT2D eigenvalue weighted by Crippen LogP contribution is 2.12. The summed E-state index contributed by atoms with van der Waals surface area (Å²) in [4.78, 5) is 0. The van der Waals surface area contributed by atoms with Crippen LogP contribution in [0, 0.1) is 0 Å². The largest absolute Gasteiger partial charge is 0.389 e. The van der Waals surface area contributed by atoms with E-state index in [9.17, 15) is 0 Å². The molecule has 0 amide bonds. The lowest BCUT2D eigenvalue weighted by Gasteiger charge is -2.08. The Morgan fingerprint density at radius 3 is 2.93 bits per heavy atom. The average molecular weight is 260 g/mol. The zero-order chi connectivity index (χ0) is 10.4. The van der Waals surface area contributed by atoms with Crippen molar-refractivity contribution in [1.82, 2.24) is 0 Å². The first-order valence-electron chi connectivity index (χ1n) is 4.42. The van der Waals surface area contributed by atoms with Crippen LogP contribution in [0.25, 0.3) is 0 Å². The highest BCUT2D eigenvalue weighted by Gasteiger charge is 2.00. The highest BCUT2D eigenvalue weighted by atomic mass is 79.9. The van der Waals surface area contributed by atoms with Gasteiger partial charge in [-0.2, -0.15) is 0 Å². The number of benzene rings is 1. The summed E-state index contributed by atoms with van der Waals surface area (Å²) < 4.78 is 6.30. The van der Waals surface area contributed by atoms with E-state index in [-0.39, 0.29) is 13.2 Å². The quantitative estimate of drug-likeness (QED) is 0.838. The maximum Gasteiger partial charge on any atom is 0.0895 e. The first-order valence-corrected chi connectivity index (χ1v) is 5.22. The summed E-state index contributed by atoms with van der Waals surface area (Å²) in [5, 5.41) is 9.13. The number of ether oxygens (including phenoxy) is 1. The van der Waals surface area contributed by atoms with Crippen molar-refractivity contribution >= 4 is 15.9 Å². The van der Waals surface area contributed by atoms with Crippen LogP contribution in [0.5, 0.6) is 0 Å². The van der Waals surface area contributed by atoms with Crippen LogP contribution in [0.3, 0.4) is 0 Å². The minimum Gasteiger partial charge on any atom is -0.389 e. The molecule has 0 aromatic heterocycles. The number of hydrogen-bond acceptors (Lipinski definition) is 3. The second kappa shape index (κ2) is 6.14. The lowest BCUT2D eigenvalue weighted by Crippen LogP contribution is -2.24. The Morgan fingerprint density at radius 2 is 2.29 bits per heavy atom. The molecule has 3 nitrogen and oxygen atoms in total. The van der Waals surface area contributed by atoms with E-state index in [1.54, 1.807) is 0 Å². The van der Waals surface area contributed by atoms with Crippen molar-refractivity contribution in [3.05, 3.63) is 34.3 Å². The molecular weight excluding hydrogens is 246 g/mol. The van der Waals surface area contributed by atoms with Crippen molar-refractivity contribution < 1.29 is 9.84 Å². The molecule has 1 rings (SSSR count). The SMILES string of the molecule is NC[C@H](O)COCc1cccc(Br)c1. The molecule has 78 valence electrons. The van der Waals surface area contributed by atoms with E-state index in [1.165, 1.54) is 0 Å². The Labute approximate surface area is 92.0 Å². The van der Waals surface area contributed by atoms with Crippen LogP contribution in [0.1, 0.15) is 5.56 Å². The number of nitrogens with two attached hydrogens (primary N) is 1. The Bertz CT molecular complexity index is 281. The van der Waals surface area contributed by atoms with Crippen LogP contribution in [0.4, 0.5) is 0 Å². The summed E-state index contributed by atoms with van der Waals surface area (Å²) in [5.41, 5.74) is 6.31. The Balaban J connectivity index is 2.31. The lowest BCUT2D eigenvalue weighted by molar-refractivity contribution is 0.0329. The number of rotatable bonds is 5. The summed E-state index contributed by atoms with van der Waals surface area (Å²) >= 11 is 3.37. The molecule has 1 aromatic rings. The van der Waals surface area contributed by atoms with E-state index in [0.29, 0.717) is 6.61 Å². The average Bonchev–Trinajstić information content (AvgIpc) is 2.17. The Hall–Kier alpha value is -0.420. The van der Waals surface area contributed by atoms with E-state index in [0.717, 1.165) is 10.0 Å². The molecule has 0 heterocycles. The molecule has 1 atom stereocenters. The first-order chi connectivity index (χ1) is 6.72. The molecule has 0 aliphatic rings. The summed E-state index contributed by atoms with van der Waals surface area (Å²) in [5.74, 6) is 0. The van der Waals surface area contributed by atoms with Gasteiger partial charge in [-0.1, -0.05) is 28.1 Å². The molecule has 14 heavy (non-hydrogen) atoms. The van der Waals surface area contributed by atoms with E-state index in [1.807, 2.05) is 24.3 Å². The van der Waals surface area contributed by atoms with Crippen molar-refractivity contribution in [3.8, 4) is 0 Å². The number of aliphatic hydroxyl groups is 1. The Morgan fingerprint density at radius 1 is 1.50 bits per heavy atom. The second-order valence-electron chi connectivity index (χ2n) is 3.03. The van der Waals surface area contributed by atoms with E-state index in [4.69, 9.17) is 15.6 Å². The molecule has 3 N–H and O–H groups in total. The topological polar surface area (TPSA) is 55.5 Å². The number of halogens is 1. The van der Waals surface area contributed by atoms with Gasteiger partial charge in [0.2, 0.25) is 0 Å². The minimum absolute atomic E-state index is 0.235. The maximum atomic E-state index is 9.13. The predicted molar refractivity (Wildman–Crippen MR) is 58.9 cm³/mol. The fourth-order valence-electron chi connectivity index (χ4n) is 1.01. The van der Waals surface area contributed by atoms with Crippen LogP contribution in [0.15, 0.2) is 28.7 Å². The van der Waals surface area contributed by atoms with Crippen LogP contribution < -0.4 is 5.73 Å².